The first-order valence-electron chi connectivity index (χ1n) is 8.79. The first kappa shape index (κ1) is 20.1. The van der Waals surface area contributed by atoms with Crippen molar-refractivity contribution in [1.29, 1.82) is 0 Å². The van der Waals surface area contributed by atoms with E-state index in [4.69, 9.17) is 4.74 Å². The van der Waals surface area contributed by atoms with Gasteiger partial charge in [0.2, 0.25) is 0 Å². The van der Waals surface area contributed by atoms with Crippen molar-refractivity contribution < 1.29 is 27.1 Å². The van der Waals surface area contributed by atoms with E-state index < -0.39 is 17.6 Å². The fourth-order valence-electron chi connectivity index (χ4n) is 3.23. The van der Waals surface area contributed by atoms with Gasteiger partial charge in [0.15, 0.2) is 0 Å². The largest absolute Gasteiger partial charge is 0.496 e. The molecular weight excluding hydrogens is 376 g/mol. The van der Waals surface area contributed by atoms with Gasteiger partial charge < -0.3 is 9.64 Å². The molecule has 1 fully saturated rings. The maximum Gasteiger partial charge on any atom is 0.416 e. The van der Waals surface area contributed by atoms with Gasteiger partial charge in [-0.1, -0.05) is 6.07 Å². The number of piperazine rings is 1. The quantitative estimate of drug-likeness (QED) is 0.737. The predicted octanol–water partition coefficient (Wildman–Crippen LogP) is 3.81. The van der Waals surface area contributed by atoms with Crippen molar-refractivity contribution in [3.05, 3.63) is 65.0 Å². The van der Waals surface area contributed by atoms with Crippen molar-refractivity contribution in [1.82, 2.24) is 9.80 Å². The van der Waals surface area contributed by atoms with Crippen LogP contribution >= 0.6 is 0 Å². The maximum atomic E-state index is 13.5. The number of rotatable bonds is 4. The second-order valence-corrected chi connectivity index (χ2v) is 6.60. The molecule has 1 saturated heterocycles. The summed E-state index contributed by atoms with van der Waals surface area (Å²) in [4.78, 5) is 16.1. The van der Waals surface area contributed by atoms with Crippen LogP contribution in [-0.4, -0.2) is 49.0 Å². The summed E-state index contributed by atoms with van der Waals surface area (Å²) in [6, 6.07) is 8.77. The van der Waals surface area contributed by atoms with Crippen molar-refractivity contribution >= 4 is 5.91 Å². The van der Waals surface area contributed by atoms with Gasteiger partial charge in [0.25, 0.3) is 5.91 Å². The third-order valence-electron chi connectivity index (χ3n) is 4.73. The minimum Gasteiger partial charge on any atom is -0.496 e. The van der Waals surface area contributed by atoms with E-state index in [2.05, 4.69) is 0 Å². The van der Waals surface area contributed by atoms with Crippen LogP contribution in [0.5, 0.6) is 5.75 Å². The summed E-state index contributed by atoms with van der Waals surface area (Å²) >= 11 is 0. The number of hydrogen-bond donors (Lipinski definition) is 0. The summed E-state index contributed by atoms with van der Waals surface area (Å²) in [5, 5.41) is 0. The van der Waals surface area contributed by atoms with Gasteiger partial charge in [-0.05, 0) is 36.4 Å². The van der Waals surface area contributed by atoms with Crippen LogP contribution < -0.4 is 4.74 Å². The van der Waals surface area contributed by atoms with Crippen molar-refractivity contribution in [2.45, 2.75) is 12.7 Å². The second kappa shape index (κ2) is 8.18. The van der Waals surface area contributed by atoms with Crippen LogP contribution in [0.4, 0.5) is 17.6 Å². The molecular formula is C20H20F4N2O2. The number of benzene rings is 2. The molecule has 3 rings (SSSR count). The minimum absolute atomic E-state index is 0.0232. The average Bonchev–Trinajstić information content (AvgIpc) is 2.68. The van der Waals surface area contributed by atoms with Gasteiger partial charge in [-0.2, -0.15) is 13.2 Å². The fraction of sp³-hybridized carbons (Fsp3) is 0.350. The number of nitrogens with zero attached hydrogens (tertiary/aromatic N) is 2. The average molecular weight is 396 g/mol. The Morgan fingerprint density at radius 1 is 1.07 bits per heavy atom. The van der Waals surface area contributed by atoms with Crippen molar-refractivity contribution in [3.63, 3.8) is 0 Å². The fourth-order valence-corrected chi connectivity index (χ4v) is 3.23. The highest BCUT2D eigenvalue weighted by Crippen LogP contribution is 2.30. The summed E-state index contributed by atoms with van der Waals surface area (Å²) in [6.45, 7) is 2.29. The number of carbonyl (C=O) groups is 1. The van der Waals surface area contributed by atoms with Gasteiger partial charge in [0.05, 0.1) is 12.7 Å². The van der Waals surface area contributed by atoms with Crippen LogP contribution in [0, 0.1) is 5.82 Å². The van der Waals surface area contributed by atoms with Gasteiger partial charge >= 0.3 is 6.18 Å². The molecule has 0 aromatic heterocycles. The van der Waals surface area contributed by atoms with E-state index >= 15 is 0 Å². The Morgan fingerprint density at radius 2 is 1.79 bits per heavy atom. The van der Waals surface area contributed by atoms with Gasteiger partial charge in [0.1, 0.15) is 11.6 Å². The zero-order valence-electron chi connectivity index (χ0n) is 15.3. The van der Waals surface area contributed by atoms with Crippen molar-refractivity contribution in [3.8, 4) is 5.75 Å². The lowest BCUT2D eigenvalue weighted by Gasteiger charge is -2.35. The van der Waals surface area contributed by atoms with Crippen molar-refractivity contribution in [2.75, 3.05) is 33.3 Å². The highest BCUT2D eigenvalue weighted by atomic mass is 19.4. The van der Waals surface area contributed by atoms with Gasteiger partial charge in [-0.15, -0.1) is 0 Å². The Morgan fingerprint density at radius 3 is 2.43 bits per heavy atom. The monoisotopic (exact) mass is 396 g/mol. The molecule has 4 nitrogen and oxygen atoms in total. The number of carbonyl (C=O) groups excluding carboxylic acids is 1. The summed E-state index contributed by atoms with van der Waals surface area (Å²) < 4.78 is 57.3. The molecule has 0 atom stereocenters. The number of halogens is 4. The molecule has 28 heavy (non-hydrogen) atoms. The highest BCUT2D eigenvalue weighted by Gasteiger charge is 2.31. The van der Waals surface area contributed by atoms with Crippen molar-refractivity contribution in [2.24, 2.45) is 0 Å². The van der Waals surface area contributed by atoms with E-state index in [9.17, 15) is 22.4 Å². The van der Waals surface area contributed by atoms with Crippen LogP contribution in [0.3, 0.4) is 0 Å². The summed E-state index contributed by atoms with van der Waals surface area (Å²) in [6.07, 6.45) is -4.49. The molecule has 2 aromatic carbocycles. The third-order valence-corrected chi connectivity index (χ3v) is 4.73. The van der Waals surface area contributed by atoms with Crippen LogP contribution in [0.2, 0.25) is 0 Å². The number of methoxy groups -OCH3 is 1. The second-order valence-electron chi connectivity index (χ2n) is 6.60. The maximum absolute atomic E-state index is 13.5. The lowest BCUT2D eigenvalue weighted by atomic mass is 10.1. The van der Waals surface area contributed by atoms with Crippen LogP contribution in [0.1, 0.15) is 21.5 Å². The van der Waals surface area contributed by atoms with Crippen LogP contribution in [0.25, 0.3) is 0 Å². The Balaban J connectivity index is 1.63. The lowest BCUT2D eigenvalue weighted by molar-refractivity contribution is -0.137. The molecule has 1 aliphatic rings. The van der Waals surface area contributed by atoms with Gasteiger partial charge in [-0.25, -0.2) is 4.39 Å². The van der Waals surface area contributed by atoms with E-state index in [1.807, 2.05) is 4.90 Å². The molecule has 150 valence electrons. The molecule has 1 aliphatic heterocycles. The molecule has 0 aliphatic carbocycles. The summed E-state index contributed by atoms with van der Waals surface area (Å²) in [5.41, 5.74) is -0.106. The number of alkyl halides is 3. The first-order chi connectivity index (χ1) is 13.3. The predicted molar refractivity (Wildman–Crippen MR) is 95.6 cm³/mol. The van der Waals surface area contributed by atoms with Crippen LogP contribution in [0.15, 0.2) is 42.5 Å². The number of amides is 1. The van der Waals surface area contributed by atoms with E-state index in [-0.39, 0.29) is 11.4 Å². The Kier molecular flexibility index (Phi) is 5.88. The molecule has 0 spiro atoms. The molecule has 0 bridgehead atoms. The molecule has 8 heteroatoms. The Bertz CT molecular complexity index is 846. The van der Waals surface area contributed by atoms with E-state index in [1.165, 1.54) is 36.3 Å². The summed E-state index contributed by atoms with van der Waals surface area (Å²) in [5.74, 6) is -0.188. The topological polar surface area (TPSA) is 32.8 Å². The van der Waals surface area contributed by atoms with E-state index in [0.29, 0.717) is 44.0 Å². The molecule has 2 aromatic rings. The number of hydrogen-bond acceptors (Lipinski definition) is 3. The van der Waals surface area contributed by atoms with Gasteiger partial charge in [-0.3, -0.25) is 9.69 Å². The molecule has 1 amide bonds. The Labute approximate surface area is 160 Å². The molecule has 0 saturated carbocycles. The summed E-state index contributed by atoms with van der Waals surface area (Å²) in [7, 11) is 1.52. The third kappa shape index (κ3) is 4.62. The highest BCUT2D eigenvalue weighted by molar-refractivity contribution is 5.94. The standard InChI is InChI=1S/C20H20F4N2O2/c1-28-18-6-5-17(21)12-15(18)13-25-7-9-26(10-8-25)19(27)14-3-2-4-16(11-14)20(22,23)24/h2-6,11-12H,7-10,13H2,1H3. The Hall–Kier alpha value is -2.61. The normalized spacial score (nSPS) is 15.5. The number of ether oxygens (including phenoxy) is 1. The smallest absolute Gasteiger partial charge is 0.416 e. The first-order valence-corrected chi connectivity index (χ1v) is 8.79. The zero-order valence-corrected chi connectivity index (χ0v) is 15.3. The molecule has 0 radical (unpaired) electrons. The van der Waals surface area contributed by atoms with E-state index in [1.54, 1.807) is 6.07 Å². The minimum atomic E-state index is -4.49. The van der Waals surface area contributed by atoms with Gasteiger partial charge in [0, 0.05) is 43.9 Å². The van der Waals surface area contributed by atoms with Crippen LogP contribution in [-0.2, 0) is 12.7 Å². The molecule has 0 N–H and O–H groups in total. The zero-order chi connectivity index (χ0) is 20.3. The van der Waals surface area contributed by atoms with E-state index in [0.717, 1.165) is 12.1 Å². The molecule has 1 heterocycles. The molecule has 0 unspecified atom stereocenters. The SMILES string of the molecule is COc1ccc(F)cc1CN1CCN(C(=O)c2cccc(C(F)(F)F)c2)CC1. The lowest BCUT2D eigenvalue weighted by Crippen LogP contribution is -2.48.